The molecular weight excluding hydrogens is 405 g/mol. The van der Waals surface area contributed by atoms with E-state index in [4.69, 9.17) is 4.74 Å². The van der Waals surface area contributed by atoms with Crippen LogP contribution in [0.1, 0.15) is 35.4 Å². The zero-order valence-corrected chi connectivity index (χ0v) is 16.8. The van der Waals surface area contributed by atoms with Gasteiger partial charge >= 0.3 is 0 Å². The third-order valence-electron chi connectivity index (χ3n) is 5.22. The summed E-state index contributed by atoms with van der Waals surface area (Å²) in [5.74, 6) is 0.278. The number of nitrogens with one attached hydrogen (secondary N) is 1. The number of nitro groups is 1. The van der Waals surface area contributed by atoms with E-state index in [0.29, 0.717) is 11.4 Å². The fraction of sp³-hybridized carbons (Fsp3) is 0.286. The van der Waals surface area contributed by atoms with E-state index in [-0.39, 0.29) is 22.7 Å². The van der Waals surface area contributed by atoms with Crippen LogP contribution in [0.3, 0.4) is 0 Å². The summed E-state index contributed by atoms with van der Waals surface area (Å²) < 4.78 is 21.6. The minimum Gasteiger partial charge on any atom is -0.496 e. The van der Waals surface area contributed by atoms with Crippen LogP contribution in [-0.2, 0) is 13.0 Å². The molecule has 0 saturated carbocycles. The van der Waals surface area contributed by atoms with Crippen molar-refractivity contribution in [3.05, 3.63) is 63.7 Å². The van der Waals surface area contributed by atoms with Crippen LogP contribution in [-0.4, -0.2) is 32.7 Å². The number of anilines is 1. The minimum atomic E-state index is -0.725. The second kappa shape index (κ2) is 8.50. The Hall–Kier alpha value is -3.82. The summed E-state index contributed by atoms with van der Waals surface area (Å²) in [6, 6.07) is 7.96. The molecule has 0 bridgehead atoms. The van der Waals surface area contributed by atoms with Crippen LogP contribution in [0.2, 0.25) is 0 Å². The van der Waals surface area contributed by atoms with Gasteiger partial charge in [-0.1, -0.05) is 6.42 Å². The van der Waals surface area contributed by atoms with Crippen molar-refractivity contribution in [1.29, 1.82) is 0 Å². The van der Waals surface area contributed by atoms with Crippen molar-refractivity contribution in [2.24, 2.45) is 0 Å². The third-order valence-corrected chi connectivity index (χ3v) is 5.22. The van der Waals surface area contributed by atoms with Gasteiger partial charge in [-0.25, -0.2) is 4.39 Å². The average molecular weight is 425 g/mol. The molecule has 2 heterocycles. The molecule has 1 N–H and O–H groups in total. The average Bonchev–Trinajstić information content (AvgIpc) is 3.02. The number of amides is 1. The highest BCUT2D eigenvalue weighted by Crippen LogP contribution is 2.29. The standard InChI is InChI=1S/C21H20FN5O4/c1-31-18-9-7-14(27(29)30)12-15(18)21(28)23-17-11-13(6-8-16(17)22)20-25-24-19-5-3-2-4-10-26(19)20/h6-9,11-12H,2-5,10H2,1H3,(H,23,28). The Bertz CT molecular complexity index is 1160. The highest BCUT2D eigenvalue weighted by molar-refractivity contribution is 6.06. The van der Waals surface area contributed by atoms with Gasteiger partial charge in [0.1, 0.15) is 17.4 Å². The summed E-state index contributed by atoms with van der Waals surface area (Å²) in [6.07, 6.45) is 4.01. The number of hydrogen-bond donors (Lipinski definition) is 1. The Morgan fingerprint density at radius 1 is 1.19 bits per heavy atom. The number of nitrogens with zero attached hydrogens (tertiary/aromatic N) is 4. The number of rotatable bonds is 5. The van der Waals surface area contributed by atoms with Crippen molar-refractivity contribution in [3.63, 3.8) is 0 Å². The van der Waals surface area contributed by atoms with E-state index in [9.17, 15) is 19.3 Å². The lowest BCUT2D eigenvalue weighted by atomic mass is 10.1. The largest absolute Gasteiger partial charge is 0.496 e. The number of carbonyl (C=O) groups excluding carboxylic acids is 1. The molecule has 1 aliphatic heterocycles. The summed E-state index contributed by atoms with van der Waals surface area (Å²) in [7, 11) is 1.34. The van der Waals surface area contributed by atoms with Gasteiger partial charge in [0.15, 0.2) is 5.82 Å². The van der Waals surface area contributed by atoms with Gasteiger partial charge in [-0.05, 0) is 37.1 Å². The number of nitro benzene ring substituents is 1. The molecule has 0 atom stereocenters. The Morgan fingerprint density at radius 2 is 2.03 bits per heavy atom. The summed E-state index contributed by atoms with van der Waals surface area (Å²) in [5.41, 5.74) is 0.203. The molecule has 31 heavy (non-hydrogen) atoms. The second-order valence-corrected chi connectivity index (χ2v) is 7.19. The molecule has 0 spiro atoms. The van der Waals surface area contributed by atoms with Gasteiger partial charge in [-0.15, -0.1) is 10.2 Å². The molecule has 1 aliphatic rings. The maximum atomic E-state index is 14.5. The monoisotopic (exact) mass is 425 g/mol. The molecular formula is C21H20FN5O4. The number of benzene rings is 2. The van der Waals surface area contributed by atoms with E-state index in [1.165, 1.54) is 31.4 Å². The first-order valence-corrected chi connectivity index (χ1v) is 9.83. The molecule has 1 aromatic heterocycles. The maximum absolute atomic E-state index is 14.5. The molecule has 0 unspecified atom stereocenters. The molecule has 0 fully saturated rings. The molecule has 4 rings (SSSR count). The molecule has 3 aromatic rings. The highest BCUT2D eigenvalue weighted by Gasteiger charge is 2.21. The van der Waals surface area contributed by atoms with Crippen LogP contribution in [0.15, 0.2) is 36.4 Å². The van der Waals surface area contributed by atoms with Crippen LogP contribution in [0.4, 0.5) is 15.8 Å². The molecule has 0 saturated heterocycles. The fourth-order valence-electron chi connectivity index (χ4n) is 3.64. The van der Waals surface area contributed by atoms with Crippen LogP contribution in [0.5, 0.6) is 5.75 Å². The lowest BCUT2D eigenvalue weighted by Gasteiger charge is -2.12. The molecule has 10 heteroatoms. The van der Waals surface area contributed by atoms with Gasteiger partial charge in [0.2, 0.25) is 0 Å². The van der Waals surface area contributed by atoms with Crippen LogP contribution in [0.25, 0.3) is 11.4 Å². The third kappa shape index (κ3) is 4.09. The number of hydrogen-bond acceptors (Lipinski definition) is 6. The summed E-state index contributed by atoms with van der Waals surface area (Å²) >= 11 is 0. The molecule has 0 aliphatic carbocycles. The maximum Gasteiger partial charge on any atom is 0.270 e. The van der Waals surface area contributed by atoms with Crippen LogP contribution >= 0.6 is 0 Å². The van der Waals surface area contributed by atoms with Crippen molar-refractivity contribution < 1.29 is 18.8 Å². The van der Waals surface area contributed by atoms with E-state index in [1.54, 1.807) is 6.07 Å². The quantitative estimate of drug-likeness (QED) is 0.489. The van der Waals surface area contributed by atoms with Gasteiger partial charge in [0.25, 0.3) is 11.6 Å². The topological polar surface area (TPSA) is 112 Å². The zero-order chi connectivity index (χ0) is 22.0. The van der Waals surface area contributed by atoms with Crippen molar-refractivity contribution in [2.75, 3.05) is 12.4 Å². The lowest BCUT2D eigenvalue weighted by Crippen LogP contribution is -2.15. The first-order valence-electron chi connectivity index (χ1n) is 9.83. The van der Waals surface area contributed by atoms with Crippen molar-refractivity contribution in [2.45, 2.75) is 32.2 Å². The number of fused-ring (bicyclic) bond motifs is 1. The number of methoxy groups -OCH3 is 1. The van der Waals surface area contributed by atoms with E-state index in [0.717, 1.165) is 44.1 Å². The van der Waals surface area contributed by atoms with Crippen molar-refractivity contribution in [3.8, 4) is 17.1 Å². The number of carbonyl (C=O) groups is 1. The Labute approximate surface area is 177 Å². The predicted octanol–water partition coefficient (Wildman–Crippen LogP) is 3.98. The van der Waals surface area contributed by atoms with Gasteiger partial charge in [0.05, 0.1) is 23.3 Å². The van der Waals surface area contributed by atoms with E-state index in [1.807, 2.05) is 4.57 Å². The van der Waals surface area contributed by atoms with Crippen LogP contribution < -0.4 is 10.1 Å². The van der Waals surface area contributed by atoms with E-state index in [2.05, 4.69) is 15.5 Å². The number of aromatic nitrogens is 3. The summed E-state index contributed by atoms with van der Waals surface area (Å²) in [5, 5.41) is 22.1. The smallest absolute Gasteiger partial charge is 0.270 e. The van der Waals surface area contributed by atoms with Crippen LogP contribution in [0, 0.1) is 15.9 Å². The zero-order valence-electron chi connectivity index (χ0n) is 16.8. The normalized spacial score (nSPS) is 13.2. The first-order chi connectivity index (χ1) is 15.0. The number of ether oxygens (including phenoxy) is 1. The molecule has 160 valence electrons. The predicted molar refractivity (Wildman–Crippen MR) is 111 cm³/mol. The minimum absolute atomic E-state index is 0.0676. The second-order valence-electron chi connectivity index (χ2n) is 7.19. The van der Waals surface area contributed by atoms with Crippen molar-refractivity contribution in [1.82, 2.24) is 14.8 Å². The molecule has 9 nitrogen and oxygen atoms in total. The highest BCUT2D eigenvalue weighted by atomic mass is 19.1. The molecule has 2 aromatic carbocycles. The van der Waals surface area contributed by atoms with Gasteiger partial charge in [-0.2, -0.15) is 0 Å². The fourth-order valence-corrected chi connectivity index (χ4v) is 3.64. The summed E-state index contributed by atoms with van der Waals surface area (Å²) in [4.78, 5) is 23.2. The van der Waals surface area contributed by atoms with Gasteiger partial charge < -0.3 is 14.6 Å². The number of halogens is 1. The first kappa shape index (κ1) is 20.5. The SMILES string of the molecule is COc1ccc([N+](=O)[O-])cc1C(=O)Nc1cc(-c2nnc3n2CCCCC3)ccc1F. The van der Waals surface area contributed by atoms with Crippen molar-refractivity contribution >= 4 is 17.3 Å². The summed E-state index contributed by atoms with van der Waals surface area (Å²) in [6.45, 7) is 0.779. The van der Waals surface area contributed by atoms with E-state index >= 15 is 0 Å². The Balaban J connectivity index is 1.66. The molecule has 1 amide bonds. The lowest BCUT2D eigenvalue weighted by molar-refractivity contribution is -0.384. The number of non-ortho nitro benzene ring substituents is 1. The molecule has 0 radical (unpaired) electrons. The Kier molecular flexibility index (Phi) is 5.61. The van der Waals surface area contributed by atoms with E-state index < -0.39 is 16.6 Å². The van der Waals surface area contributed by atoms with Gasteiger partial charge in [0, 0.05) is 30.7 Å². The number of aryl methyl sites for hydroxylation is 1. The van der Waals surface area contributed by atoms with Gasteiger partial charge in [-0.3, -0.25) is 14.9 Å². The Morgan fingerprint density at radius 3 is 2.81 bits per heavy atom.